The molecule has 5 nitrogen and oxygen atoms in total. The van der Waals surface area contributed by atoms with E-state index in [0.29, 0.717) is 25.1 Å². The average Bonchev–Trinajstić information content (AvgIpc) is 2.27. The van der Waals surface area contributed by atoms with Crippen LogP contribution in [0.1, 0.15) is 22.3 Å². The van der Waals surface area contributed by atoms with Crippen molar-refractivity contribution in [3.05, 3.63) is 35.4 Å². The number of carbonyl (C=O) groups excluding carboxylic acids is 2. The summed E-state index contributed by atoms with van der Waals surface area (Å²) in [5, 5.41) is 2.69. The number of hydrogen-bond donors (Lipinski definition) is 3. The van der Waals surface area contributed by atoms with Gasteiger partial charge in [-0.25, -0.2) is 0 Å². The molecule has 1 aromatic rings. The Kier molecular flexibility index (Phi) is 6.93. The Morgan fingerprint density at radius 2 is 2.00 bits per heavy atom. The molecule has 1 aromatic carbocycles. The molecule has 0 saturated heterocycles. The van der Waals surface area contributed by atoms with Crippen molar-refractivity contribution in [2.24, 2.45) is 11.5 Å². The molecule has 0 unspecified atom stereocenters. The van der Waals surface area contributed by atoms with Crippen molar-refractivity contribution in [3.63, 3.8) is 0 Å². The second-order valence-electron chi connectivity index (χ2n) is 3.38. The van der Waals surface area contributed by atoms with Gasteiger partial charge in [0, 0.05) is 25.1 Å². The molecule has 0 heterocycles. The molecular formula is C11H16ClN3O2. The molecule has 2 amide bonds. The molecule has 0 aromatic heterocycles. The van der Waals surface area contributed by atoms with Crippen LogP contribution in [0.3, 0.4) is 0 Å². The van der Waals surface area contributed by atoms with Crippen LogP contribution in [0.5, 0.6) is 0 Å². The Balaban J connectivity index is 0.00000256. The summed E-state index contributed by atoms with van der Waals surface area (Å²) in [6, 6.07) is 6.83. The van der Waals surface area contributed by atoms with Crippen molar-refractivity contribution in [2.45, 2.75) is 13.0 Å². The van der Waals surface area contributed by atoms with Crippen LogP contribution in [-0.2, 0) is 11.3 Å². The van der Waals surface area contributed by atoms with Crippen LogP contribution in [0.15, 0.2) is 24.3 Å². The number of rotatable bonds is 5. The molecule has 0 bridgehead atoms. The lowest BCUT2D eigenvalue weighted by molar-refractivity contribution is -0.121. The molecule has 6 heteroatoms. The summed E-state index contributed by atoms with van der Waals surface area (Å²) in [7, 11) is 0. The van der Waals surface area contributed by atoms with Gasteiger partial charge in [0.25, 0.3) is 0 Å². The smallest absolute Gasteiger partial charge is 0.248 e. The lowest BCUT2D eigenvalue weighted by Gasteiger charge is -2.05. The van der Waals surface area contributed by atoms with E-state index in [-0.39, 0.29) is 18.3 Å². The van der Waals surface area contributed by atoms with Crippen molar-refractivity contribution < 1.29 is 9.59 Å². The Bertz CT molecular complexity index is 396. The highest BCUT2D eigenvalue weighted by atomic mass is 35.5. The highest BCUT2D eigenvalue weighted by molar-refractivity contribution is 5.92. The quantitative estimate of drug-likeness (QED) is 0.701. The fourth-order valence-corrected chi connectivity index (χ4v) is 1.25. The zero-order valence-electron chi connectivity index (χ0n) is 9.31. The van der Waals surface area contributed by atoms with Gasteiger partial charge in [0.15, 0.2) is 0 Å². The molecule has 0 radical (unpaired) electrons. The summed E-state index contributed by atoms with van der Waals surface area (Å²) >= 11 is 0. The maximum absolute atomic E-state index is 11.2. The number of halogens is 1. The minimum absolute atomic E-state index is 0. The third kappa shape index (κ3) is 5.33. The van der Waals surface area contributed by atoms with Crippen LogP contribution >= 0.6 is 12.4 Å². The maximum Gasteiger partial charge on any atom is 0.248 e. The molecule has 1 rings (SSSR count). The van der Waals surface area contributed by atoms with E-state index in [1.807, 2.05) is 6.07 Å². The van der Waals surface area contributed by atoms with Crippen LogP contribution in [0.2, 0.25) is 0 Å². The number of hydrogen-bond acceptors (Lipinski definition) is 3. The Hall–Kier alpha value is -1.59. The second kappa shape index (κ2) is 7.65. The van der Waals surface area contributed by atoms with Gasteiger partial charge in [0.2, 0.25) is 11.8 Å². The number of nitrogens with one attached hydrogen (secondary N) is 1. The lowest BCUT2D eigenvalue weighted by atomic mass is 10.1. The number of amides is 2. The highest BCUT2D eigenvalue weighted by Crippen LogP contribution is 2.04. The van der Waals surface area contributed by atoms with Gasteiger partial charge in [-0.3, -0.25) is 9.59 Å². The van der Waals surface area contributed by atoms with Crippen molar-refractivity contribution in [2.75, 3.05) is 6.54 Å². The third-order valence-corrected chi connectivity index (χ3v) is 2.07. The number of carbonyl (C=O) groups is 2. The van der Waals surface area contributed by atoms with E-state index in [1.165, 1.54) is 0 Å². The van der Waals surface area contributed by atoms with Gasteiger partial charge in [-0.1, -0.05) is 12.1 Å². The van der Waals surface area contributed by atoms with Crippen molar-refractivity contribution in [1.82, 2.24) is 5.32 Å². The summed E-state index contributed by atoms with van der Waals surface area (Å²) in [5.41, 5.74) is 11.7. The average molecular weight is 258 g/mol. The predicted octanol–water partition coefficient (Wildman–Crippen LogP) is 0.172. The van der Waals surface area contributed by atoms with Crippen molar-refractivity contribution >= 4 is 24.2 Å². The standard InChI is InChI=1S/C11H15N3O2.ClH/c12-5-4-10(15)14-7-8-2-1-3-9(6-8)11(13)16;/h1-3,6H,4-5,7,12H2,(H2,13,16)(H,14,15);1H. The number of benzene rings is 1. The molecule has 0 spiro atoms. The molecular weight excluding hydrogens is 242 g/mol. The van der Waals surface area contributed by atoms with Gasteiger partial charge in [-0.2, -0.15) is 0 Å². The lowest BCUT2D eigenvalue weighted by Crippen LogP contribution is -2.25. The molecule has 0 saturated carbocycles. The highest BCUT2D eigenvalue weighted by Gasteiger charge is 2.02. The molecule has 94 valence electrons. The van der Waals surface area contributed by atoms with Gasteiger partial charge in [0.1, 0.15) is 0 Å². The van der Waals surface area contributed by atoms with E-state index in [1.54, 1.807) is 18.2 Å². The summed E-state index contributed by atoms with van der Waals surface area (Å²) < 4.78 is 0. The van der Waals surface area contributed by atoms with E-state index in [2.05, 4.69) is 5.32 Å². The molecule has 5 N–H and O–H groups in total. The van der Waals surface area contributed by atoms with Gasteiger partial charge < -0.3 is 16.8 Å². The van der Waals surface area contributed by atoms with Crippen LogP contribution < -0.4 is 16.8 Å². The number of nitrogens with two attached hydrogens (primary N) is 2. The van der Waals surface area contributed by atoms with Gasteiger partial charge in [-0.05, 0) is 17.7 Å². The normalized spacial score (nSPS) is 9.24. The first kappa shape index (κ1) is 15.4. The molecule has 0 aliphatic heterocycles. The number of primary amides is 1. The first-order valence-electron chi connectivity index (χ1n) is 4.99. The summed E-state index contributed by atoms with van der Waals surface area (Å²) in [4.78, 5) is 22.1. The van der Waals surface area contributed by atoms with Crippen LogP contribution in [0.25, 0.3) is 0 Å². The Morgan fingerprint density at radius 3 is 2.59 bits per heavy atom. The Morgan fingerprint density at radius 1 is 1.29 bits per heavy atom. The summed E-state index contributed by atoms with van der Waals surface area (Å²) in [6.07, 6.45) is 0.301. The molecule has 0 aliphatic rings. The fraction of sp³-hybridized carbons (Fsp3) is 0.273. The first-order valence-corrected chi connectivity index (χ1v) is 4.99. The Labute approximate surface area is 106 Å². The third-order valence-electron chi connectivity index (χ3n) is 2.07. The first-order chi connectivity index (χ1) is 7.63. The minimum atomic E-state index is -0.477. The van der Waals surface area contributed by atoms with Gasteiger partial charge in [-0.15, -0.1) is 12.4 Å². The van der Waals surface area contributed by atoms with E-state index in [4.69, 9.17) is 11.5 Å². The largest absolute Gasteiger partial charge is 0.366 e. The summed E-state index contributed by atoms with van der Waals surface area (Å²) in [5.74, 6) is -0.581. The zero-order valence-corrected chi connectivity index (χ0v) is 10.1. The van der Waals surface area contributed by atoms with Crippen LogP contribution in [0.4, 0.5) is 0 Å². The predicted molar refractivity (Wildman–Crippen MR) is 67.7 cm³/mol. The van der Waals surface area contributed by atoms with E-state index >= 15 is 0 Å². The summed E-state index contributed by atoms with van der Waals surface area (Å²) in [6.45, 7) is 0.702. The molecule has 0 aliphatic carbocycles. The minimum Gasteiger partial charge on any atom is -0.366 e. The van der Waals surface area contributed by atoms with Gasteiger partial charge >= 0.3 is 0 Å². The van der Waals surface area contributed by atoms with Crippen molar-refractivity contribution in [3.8, 4) is 0 Å². The topological polar surface area (TPSA) is 98.2 Å². The van der Waals surface area contributed by atoms with Crippen LogP contribution in [-0.4, -0.2) is 18.4 Å². The maximum atomic E-state index is 11.2. The van der Waals surface area contributed by atoms with E-state index in [0.717, 1.165) is 5.56 Å². The fourth-order valence-electron chi connectivity index (χ4n) is 1.25. The second-order valence-corrected chi connectivity index (χ2v) is 3.38. The zero-order chi connectivity index (χ0) is 12.0. The van der Waals surface area contributed by atoms with Crippen molar-refractivity contribution in [1.29, 1.82) is 0 Å². The molecule has 0 atom stereocenters. The molecule has 0 fully saturated rings. The van der Waals surface area contributed by atoms with Gasteiger partial charge in [0.05, 0.1) is 0 Å². The monoisotopic (exact) mass is 257 g/mol. The van der Waals surface area contributed by atoms with Crippen LogP contribution in [0, 0.1) is 0 Å². The SMILES string of the molecule is Cl.NCCC(=O)NCc1cccc(C(N)=O)c1. The van der Waals surface area contributed by atoms with E-state index in [9.17, 15) is 9.59 Å². The molecule has 17 heavy (non-hydrogen) atoms. The van der Waals surface area contributed by atoms with E-state index < -0.39 is 5.91 Å².